The van der Waals surface area contributed by atoms with E-state index in [4.69, 9.17) is 5.73 Å². The molecule has 0 aliphatic rings. The summed E-state index contributed by atoms with van der Waals surface area (Å²) in [5.41, 5.74) is 8.93. The number of benzene rings is 1. The highest BCUT2D eigenvalue weighted by Gasteiger charge is 2.03. The topological polar surface area (TPSA) is 56.7 Å². The number of hydrogen-bond donors (Lipinski definition) is 1. The molecule has 0 fully saturated rings. The second-order valence-electron chi connectivity index (χ2n) is 4.29. The minimum Gasteiger partial charge on any atom is -0.399 e. The van der Waals surface area contributed by atoms with E-state index in [2.05, 4.69) is 10.1 Å². The van der Waals surface area contributed by atoms with Gasteiger partial charge < -0.3 is 5.73 Å². The standard InChI is InChI=1S/C14H14N4/c15-13-2-1-12-10-17-18(14(12)9-13)8-5-11-3-6-16-7-4-11/h1-4,6-7,9-10H,5,8,15H2. The fraction of sp³-hybridized carbons (Fsp3) is 0.143. The molecule has 0 bridgehead atoms. The van der Waals surface area contributed by atoms with Gasteiger partial charge in [-0.05, 0) is 42.3 Å². The third-order valence-corrected chi connectivity index (χ3v) is 3.03. The molecule has 2 N–H and O–H groups in total. The van der Waals surface area contributed by atoms with Gasteiger partial charge in [-0.15, -0.1) is 0 Å². The Morgan fingerprint density at radius 1 is 1.11 bits per heavy atom. The summed E-state index contributed by atoms with van der Waals surface area (Å²) in [5.74, 6) is 0. The van der Waals surface area contributed by atoms with Gasteiger partial charge in [-0.1, -0.05) is 0 Å². The summed E-state index contributed by atoms with van der Waals surface area (Å²) in [4.78, 5) is 4.01. The molecule has 90 valence electrons. The van der Waals surface area contributed by atoms with Crippen molar-refractivity contribution < 1.29 is 0 Å². The first-order valence-corrected chi connectivity index (χ1v) is 5.93. The van der Waals surface area contributed by atoms with Crippen LogP contribution in [0.3, 0.4) is 0 Å². The van der Waals surface area contributed by atoms with Crippen molar-refractivity contribution in [3.63, 3.8) is 0 Å². The van der Waals surface area contributed by atoms with Gasteiger partial charge >= 0.3 is 0 Å². The number of nitrogens with zero attached hydrogens (tertiary/aromatic N) is 3. The molecule has 0 aliphatic heterocycles. The summed E-state index contributed by atoms with van der Waals surface area (Å²) in [6.45, 7) is 0.844. The minimum absolute atomic E-state index is 0.771. The molecule has 18 heavy (non-hydrogen) atoms. The summed E-state index contributed by atoms with van der Waals surface area (Å²) in [7, 11) is 0. The Kier molecular flexibility index (Phi) is 2.68. The zero-order valence-electron chi connectivity index (χ0n) is 9.95. The lowest BCUT2D eigenvalue weighted by molar-refractivity contribution is 0.635. The van der Waals surface area contributed by atoms with Crippen LogP contribution in [0, 0.1) is 0 Å². The molecule has 0 atom stereocenters. The molecular weight excluding hydrogens is 224 g/mol. The van der Waals surface area contributed by atoms with Crippen molar-refractivity contribution in [3.05, 3.63) is 54.5 Å². The first-order valence-electron chi connectivity index (χ1n) is 5.93. The number of rotatable bonds is 3. The van der Waals surface area contributed by atoms with Crippen molar-refractivity contribution in [2.75, 3.05) is 5.73 Å². The van der Waals surface area contributed by atoms with Crippen LogP contribution >= 0.6 is 0 Å². The van der Waals surface area contributed by atoms with E-state index in [1.54, 1.807) is 0 Å². The number of aryl methyl sites for hydroxylation is 2. The van der Waals surface area contributed by atoms with Crippen LogP contribution in [-0.4, -0.2) is 14.8 Å². The Labute approximate surface area is 105 Å². The SMILES string of the molecule is Nc1ccc2cnn(CCc3ccncc3)c2c1. The number of nitrogen functional groups attached to an aromatic ring is 1. The molecule has 0 saturated carbocycles. The first kappa shape index (κ1) is 10.8. The van der Waals surface area contributed by atoms with Gasteiger partial charge in [0.2, 0.25) is 0 Å². The molecule has 4 nitrogen and oxygen atoms in total. The monoisotopic (exact) mass is 238 g/mol. The Morgan fingerprint density at radius 3 is 2.78 bits per heavy atom. The van der Waals surface area contributed by atoms with Crippen molar-refractivity contribution in [3.8, 4) is 0 Å². The number of fused-ring (bicyclic) bond motifs is 1. The lowest BCUT2D eigenvalue weighted by Gasteiger charge is -2.04. The van der Waals surface area contributed by atoms with Gasteiger partial charge in [0.1, 0.15) is 0 Å². The molecule has 2 aromatic heterocycles. The maximum atomic E-state index is 5.81. The van der Waals surface area contributed by atoms with E-state index >= 15 is 0 Å². The van der Waals surface area contributed by atoms with E-state index in [0.717, 1.165) is 29.6 Å². The van der Waals surface area contributed by atoms with Crippen LogP contribution in [0.1, 0.15) is 5.56 Å². The van der Waals surface area contributed by atoms with Crippen LogP contribution in [0.25, 0.3) is 10.9 Å². The van der Waals surface area contributed by atoms with E-state index in [1.165, 1.54) is 5.56 Å². The van der Waals surface area contributed by atoms with Gasteiger partial charge in [0.25, 0.3) is 0 Å². The Morgan fingerprint density at radius 2 is 1.94 bits per heavy atom. The number of hydrogen-bond acceptors (Lipinski definition) is 3. The van der Waals surface area contributed by atoms with E-state index in [0.29, 0.717) is 0 Å². The highest BCUT2D eigenvalue weighted by Crippen LogP contribution is 2.17. The highest BCUT2D eigenvalue weighted by atomic mass is 15.3. The van der Waals surface area contributed by atoms with Crippen molar-refractivity contribution in [2.24, 2.45) is 0 Å². The van der Waals surface area contributed by atoms with E-state index in [9.17, 15) is 0 Å². The second kappa shape index (κ2) is 4.49. The smallest absolute Gasteiger partial charge is 0.0702 e. The first-order chi connectivity index (χ1) is 8.83. The molecule has 1 aromatic carbocycles. The van der Waals surface area contributed by atoms with Crippen molar-refractivity contribution in [1.29, 1.82) is 0 Å². The van der Waals surface area contributed by atoms with Crippen LogP contribution < -0.4 is 5.73 Å². The minimum atomic E-state index is 0.771. The second-order valence-corrected chi connectivity index (χ2v) is 4.29. The number of nitrogens with two attached hydrogens (primary N) is 1. The Hall–Kier alpha value is -2.36. The summed E-state index contributed by atoms with van der Waals surface area (Å²) in [6, 6.07) is 9.92. The molecule has 3 aromatic rings. The van der Waals surface area contributed by atoms with Crippen LogP contribution in [0.5, 0.6) is 0 Å². The quantitative estimate of drug-likeness (QED) is 0.712. The maximum absolute atomic E-state index is 5.81. The van der Waals surface area contributed by atoms with E-state index < -0.39 is 0 Å². The third-order valence-electron chi connectivity index (χ3n) is 3.03. The van der Waals surface area contributed by atoms with Crippen LogP contribution in [0.4, 0.5) is 5.69 Å². The van der Waals surface area contributed by atoms with Crippen LogP contribution in [0.15, 0.2) is 48.9 Å². The number of pyridine rings is 1. The molecular formula is C14H14N4. The molecule has 0 saturated heterocycles. The Bertz CT molecular complexity index is 658. The molecule has 0 aliphatic carbocycles. The maximum Gasteiger partial charge on any atom is 0.0702 e. The molecule has 4 heteroatoms. The predicted molar refractivity (Wildman–Crippen MR) is 72.1 cm³/mol. The van der Waals surface area contributed by atoms with Gasteiger partial charge in [-0.2, -0.15) is 5.10 Å². The van der Waals surface area contributed by atoms with E-state index in [-0.39, 0.29) is 0 Å². The zero-order valence-corrected chi connectivity index (χ0v) is 9.95. The third kappa shape index (κ3) is 2.05. The van der Waals surface area contributed by atoms with Crippen LogP contribution in [0.2, 0.25) is 0 Å². The summed E-state index contributed by atoms with van der Waals surface area (Å²) < 4.78 is 1.99. The molecule has 0 unspecified atom stereocenters. The lowest BCUT2D eigenvalue weighted by atomic mass is 10.2. The fourth-order valence-electron chi connectivity index (χ4n) is 2.05. The van der Waals surface area contributed by atoms with Gasteiger partial charge in [0, 0.05) is 30.0 Å². The predicted octanol–water partition coefficient (Wildman–Crippen LogP) is 2.26. The van der Waals surface area contributed by atoms with Gasteiger partial charge in [-0.3, -0.25) is 9.67 Å². The van der Waals surface area contributed by atoms with Crippen LogP contribution in [-0.2, 0) is 13.0 Å². The van der Waals surface area contributed by atoms with Gasteiger partial charge in [0.05, 0.1) is 11.7 Å². The number of anilines is 1. The largest absolute Gasteiger partial charge is 0.399 e. The summed E-state index contributed by atoms with van der Waals surface area (Å²) in [6.07, 6.45) is 6.44. The van der Waals surface area contributed by atoms with Crippen molar-refractivity contribution >= 4 is 16.6 Å². The van der Waals surface area contributed by atoms with Crippen molar-refractivity contribution in [1.82, 2.24) is 14.8 Å². The fourth-order valence-corrected chi connectivity index (χ4v) is 2.05. The lowest BCUT2D eigenvalue weighted by Crippen LogP contribution is -2.03. The normalized spacial score (nSPS) is 10.9. The molecule has 0 spiro atoms. The average Bonchev–Trinajstić information content (AvgIpc) is 2.80. The summed E-state index contributed by atoms with van der Waals surface area (Å²) >= 11 is 0. The summed E-state index contributed by atoms with van der Waals surface area (Å²) in [5, 5.41) is 5.52. The van der Waals surface area contributed by atoms with Crippen molar-refractivity contribution in [2.45, 2.75) is 13.0 Å². The Balaban J connectivity index is 1.85. The molecule has 2 heterocycles. The molecule has 0 amide bonds. The van der Waals surface area contributed by atoms with E-state index in [1.807, 2.05) is 53.6 Å². The molecule has 3 rings (SSSR count). The average molecular weight is 238 g/mol. The molecule has 0 radical (unpaired) electrons. The van der Waals surface area contributed by atoms with Gasteiger partial charge in [-0.25, -0.2) is 0 Å². The highest BCUT2D eigenvalue weighted by molar-refractivity contribution is 5.81. The number of aromatic nitrogens is 3. The van der Waals surface area contributed by atoms with Gasteiger partial charge in [0.15, 0.2) is 0 Å². The zero-order chi connectivity index (χ0) is 12.4.